The first kappa shape index (κ1) is 14.9. The smallest absolute Gasteiger partial charge is 0.123 e. The highest BCUT2D eigenvalue weighted by molar-refractivity contribution is 6.32. The average molecular weight is 265 g/mol. The van der Waals surface area contributed by atoms with Gasteiger partial charge < -0.3 is 4.74 Å². The summed E-state index contributed by atoms with van der Waals surface area (Å²) in [4.78, 5) is 0. The predicted molar refractivity (Wildman–Crippen MR) is 78.6 cm³/mol. The number of benzene rings is 1. The monoisotopic (exact) mass is 264 g/mol. The second-order valence-electron chi connectivity index (χ2n) is 4.49. The van der Waals surface area contributed by atoms with Crippen molar-refractivity contribution in [3.63, 3.8) is 0 Å². The Labute approximate surface area is 115 Å². The molecule has 1 rings (SSSR count). The Kier molecular flexibility index (Phi) is 5.56. The third-order valence-corrected chi connectivity index (χ3v) is 3.84. The zero-order chi connectivity index (χ0) is 13.7. The van der Waals surface area contributed by atoms with E-state index in [4.69, 9.17) is 22.8 Å². The molecule has 0 radical (unpaired) electrons. The van der Waals surface area contributed by atoms with Crippen LogP contribution in [0.25, 0.3) is 0 Å². The van der Waals surface area contributed by atoms with E-state index >= 15 is 0 Å². The fraction of sp³-hybridized carbons (Fsp3) is 0.500. The van der Waals surface area contributed by atoms with Crippen molar-refractivity contribution in [1.82, 2.24) is 0 Å². The summed E-state index contributed by atoms with van der Waals surface area (Å²) in [5, 5.41) is 0.823. The third-order valence-electron chi connectivity index (χ3n) is 3.26. The van der Waals surface area contributed by atoms with Crippen molar-refractivity contribution >= 4 is 11.6 Å². The maximum absolute atomic E-state index is 6.35. The van der Waals surface area contributed by atoms with Gasteiger partial charge in [-0.3, -0.25) is 0 Å². The molecule has 0 aromatic heterocycles. The van der Waals surface area contributed by atoms with E-state index in [1.54, 1.807) is 0 Å². The quantitative estimate of drug-likeness (QED) is 0.689. The molecule has 1 nitrogen and oxygen atoms in total. The number of hydrogen-bond acceptors (Lipinski definition) is 1. The number of rotatable bonds is 5. The van der Waals surface area contributed by atoms with Gasteiger partial charge >= 0.3 is 0 Å². The zero-order valence-electron chi connectivity index (χ0n) is 11.6. The highest BCUT2D eigenvalue weighted by Crippen LogP contribution is 2.39. The topological polar surface area (TPSA) is 9.23 Å². The van der Waals surface area contributed by atoms with Gasteiger partial charge in [-0.25, -0.2) is 0 Å². The minimum Gasteiger partial charge on any atom is -0.494 e. The summed E-state index contributed by atoms with van der Waals surface area (Å²) in [6, 6.07) is 2.02. The van der Waals surface area contributed by atoms with Gasteiger partial charge in [0.1, 0.15) is 5.75 Å². The molecule has 0 saturated heterocycles. The first-order chi connectivity index (χ1) is 8.56. The fourth-order valence-corrected chi connectivity index (χ4v) is 2.47. The summed E-state index contributed by atoms with van der Waals surface area (Å²) in [5.74, 6) is 3.99. The van der Waals surface area contributed by atoms with Crippen molar-refractivity contribution in [2.75, 3.05) is 6.61 Å². The van der Waals surface area contributed by atoms with Crippen LogP contribution in [0.2, 0.25) is 5.02 Å². The molecular formula is C16H21ClO. The molecule has 0 aliphatic heterocycles. The molecule has 0 bridgehead atoms. The number of halogens is 1. The van der Waals surface area contributed by atoms with E-state index in [-0.39, 0.29) is 0 Å². The SMILES string of the molecule is C#CCC(CC)c1c(OCC)cc(C)c(Cl)c1C. The van der Waals surface area contributed by atoms with Crippen LogP contribution in [0.15, 0.2) is 6.07 Å². The molecular weight excluding hydrogens is 244 g/mol. The summed E-state index contributed by atoms with van der Waals surface area (Å²) in [6.07, 6.45) is 7.17. The number of ether oxygens (including phenoxy) is 1. The lowest BCUT2D eigenvalue weighted by Gasteiger charge is -2.21. The minimum absolute atomic E-state index is 0.314. The van der Waals surface area contributed by atoms with E-state index in [9.17, 15) is 0 Å². The lowest BCUT2D eigenvalue weighted by atomic mass is 9.88. The Morgan fingerprint density at radius 1 is 1.39 bits per heavy atom. The van der Waals surface area contributed by atoms with Crippen molar-refractivity contribution in [1.29, 1.82) is 0 Å². The van der Waals surface area contributed by atoms with E-state index in [0.717, 1.165) is 34.7 Å². The second-order valence-corrected chi connectivity index (χ2v) is 4.87. The lowest BCUT2D eigenvalue weighted by Crippen LogP contribution is -2.06. The van der Waals surface area contributed by atoms with Crippen LogP contribution in [0.1, 0.15) is 49.3 Å². The molecule has 0 amide bonds. The van der Waals surface area contributed by atoms with Gasteiger partial charge in [0.2, 0.25) is 0 Å². The summed E-state index contributed by atoms with van der Waals surface area (Å²) >= 11 is 6.35. The molecule has 0 N–H and O–H groups in total. The molecule has 0 fully saturated rings. The lowest BCUT2D eigenvalue weighted by molar-refractivity contribution is 0.333. The fourth-order valence-electron chi connectivity index (χ4n) is 2.31. The first-order valence-electron chi connectivity index (χ1n) is 6.42. The summed E-state index contributed by atoms with van der Waals surface area (Å²) in [7, 11) is 0. The standard InChI is InChI=1S/C16H21ClO/c1-6-9-13(7-2)15-12(5)16(17)11(4)10-14(15)18-8-3/h1,10,13H,7-9H2,2-5H3. The maximum atomic E-state index is 6.35. The number of aryl methyl sites for hydroxylation is 1. The van der Waals surface area contributed by atoms with Gasteiger partial charge in [-0.2, -0.15) is 0 Å². The molecule has 18 heavy (non-hydrogen) atoms. The Morgan fingerprint density at radius 2 is 2.06 bits per heavy atom. The zero-order valence-corrected chi connectivity index (χ0v) is 12.4. The molecule has 1 aromatic carbocycles. The van der Waals surface area contributed by atoms with Crippen LogP contribution in [0, 0.1) is 26.2 Å². The Balaban J connectivity index is 3.38. The van der Waals surface area contributed by atoms with E-state index in [0.29, 0.717) is 12.5 Å². The van der Waals surface area contributed by atoms with Crippen LogP contribution in [0.4, 0.5) is 0 Å². The predicted octanol–water partition coefficient (Wildman–Crippen LogP) is 4.87. The molecule has 0 spiro atoms. The first-order valence-corrected chi connectivity index (χ1v) is 6.80. The van der Waals surface area contributed by atoms with Crippen molar-refractivity contribution in [2.45, 2.75) is 46.5 Å². The van der Waals surface area contributed by atoms with E-state index < -0.39 is 0 Å². The van der Waals surface area contributed by atoms with Crippen LogP contribution in [-0.4, -0.2) is 6.61 Å². The van der Waals surface area contributed by atoms with Crippen LogP contribution in [0.3, 0.4) is 0 Å². The Hall–Kier alpha value is -1.13. The van der Waals surface area contributed by atoms with Gasteiger partial charge in [0, 0.05) is 17.0 Å². The number of terminal acetylenes is 1. The molecule has 1 unspecified atom stereocenters. The molecule has 0 saturated carbocycles. The normalized spacial score (nSPS) is 12.0. The van der Waals surface area contributed by atoms with Gasteiger partial charge in [0.15, 0.2) is 0 Å². The van der Waals surface area contributed by atoms with Gasteiger partial charge in [-0.1, -0.05) is 18.5 Å². The second kappa shape index (κ2) is 6.71. The summed E-state index contributed by atoms with van der Waals surface area (Å²) in [6.45, 7) is 8.84. The third kappa shape index (κ3) is 3.00. The Bertz CT molecular complexity index is 457. The molecule has 1 atom stereocenters. The average Bonchev–Trinajstić information content (AvgIpc) is 2.35. The number of hydrogen-bond donors (Lipinski definition) is 0. The highest BCUT2D eigenvalue weighted by Gasteiger charge is 2.19. The highest BCUT2D eigenvalue weighted by atomic mass is 35.5. The van der Waals surface area contributed by atoms with Gasteiger partial charge in [0.25, 0.3) is 0 Å². The van der Waals surface area contributed by atoms with Crippen molar-refractivity contribution < 1.29 is 4.74 Å². The minimum atomic E-state index is 0.314. The molecule has 1 aromatic rings. The maximum Gasteiger partial charge on any atom is 0.123 e. The molecule has 0 aliphatic rings. The van der Waals surface area contributed by atoms with Crippen LogP contribution in [-0.2, 0) is 0 Å². The van der Waals surface area contributed by atoms with Gasteiger partial charge in [-0.15, -0.1) is 12.3 Å². The van der Waals surface area contributed by atoms with E-state index in [2.05, 4.69) is 12.8 Å². The van der Waals surface area contributed by atoms with Gasteiger partial charge in [0.05, 0.1) is 6.61 Å². The molecule has 98 valence electrons. The summed E-state index contributed by atoms with van der Waals surface area (Å²) in [5.41, 5.74) is 3.33. The van der Waals surface area contributed by atoms with Crippen molar-refractivity contribution in [3.8, 4) is 18.1 Å². The Morgan fingerprint density at radius 3 is 2.56 bits per heavy atom. The molecule has 2 heteroatoms. The summed E-state index contributed by atoms with van der Waals surface area (Å²) < 4.78 is 5.76. The molecule has 0 aliphatic carbocycles. The van der Waals surface area contributed by atoms with Crippen molar-refractivity contribution in [3.05, 3.63) is 27.8 Å². The van der Waals surface area contributed by atoms with E-state index in [1.807, 2.05) is 26.8 Å². The van der Waals surface area contributed by atoms with Crippen molar-refractivity contribution in [2.24, 2.45) is 0 Å². The van der Waals surface area contributed by atoms with E-state index in [1.165, 1.54) is 5.56 Å². The molecule has 0 heterocycles. The largest absolute Gasteiger partial charge is 0.494 e. The van der Waals surface area contributed by atoms with Crippen LogP contribution >= 0.6 is 11.6 Å². The van der Waals surface area contributed by atoms with Gasteiger partial charge in [-0.05, 0) is 50.3 Å². The van der Waals surface area contributed by atoms with Crippen LogP contribution < -0.4 is 4.74 Å². The van der Waals surface area contributed by atoms with Crippen LogP contribution in [0.5, 0.6) is 5.75 Å².